The van der Waals surface area contributed by atoms with Crippen molar-refractivity contribution in [2.45, 2.75) is 38.8 Å². The van der Waals surface area contributed by atoms with Crippen molar-refractivity contribution >= 4 is 28.8 Å². The van der Waals surface area contributed by atoms with E-state index in [-0.39, 0.29) is 17.9 Å². The van der Waals surface area contributed by atoms with E-state index in [1.54, 1.807) is 0 Å². The SMILES string of the molecule is CC(=O)Nc1ccccc1-c1ccc(C(=O)N[C@@H]2C3CCN(CC3)[C@@H]2C)s1. The fourth-order valence-corrected chi connectivity index (χ4v) is 5.32. The van der Waals surface area contributed by atoms with Gasteiger partial charge in [0, 0.05) is 35.1 Å². The van der Waals surface area contributed by atoms with E-state index < -0.39 is 0 Å². The number of rotatable bonds is 4. The number of thiophene rings is 1. The molecule has 1 aromatic heterocycles. The summed E-state index contributed by atoms with van der Waals surface area (Å²) in [6.45, 7) is 6.03. The van der Waals surface area contributed by atoms with Gasteiger partial charge in [-0.05, 0) is 57.0 Å². The summed E-state index contributed by atoms with van der Waals surface area (Å²) in [5.41, 5.74) is 1.71. The summed E-state index contributed by atoms with van der Waals surface area (Å²) in [5.74, 6) is 0.496. The van der Waals surface area contributed by atoms with Crippen molar-refractivity contribution in [3.63, 3.8) is 0 Å². The quantitative estimate of drug-likeness (QED) is 0.848. The number of nitrogens with one attached hydrogen (secondary N) is 2. The molecule has 2 amide bonds. The largest absolute Gasteiger partial charge is 0.347 e. The van der Waals surface area contributed by atoms with Gasteiger partial charge in [-0.15, -0.1) is 11.3 Å². The number of anilines is 1. The zero-order chi connectivity index (χ0) is 19.0. The molecule has 2 bridgehead atoms. The smallest absolute Gasteiger partial charge is 0.261 e. The highest BCUT2D eigenvalue weighted by molar-refractivity contribution is 7.17. The Morgan fingerprint density at radius 2 is 1.85 bits per heavy atom. The molecule has 6 heteroatoms. The molecule has 2 aromatic rings. The van der Waals surface area contributed by atoms with Gasteiger partial charge in [-0.1, -0.05) is 18.2 Å². The average Bonchev–Trinajstić information content (AvgIpc) is 3.15. The Bertz CT molecular complexity index is 853. The van der Waals surface area contributed by atoms with E-state index in [1.165, 1.54) is 31.1 Å². The van der Waals surface area contributed by atoms with E-state index in [2.05, 4.69) is 22.5 Å². The van der Waals surface area contributed by atoms with Crippen molar-refractivity contribution in [3.8, 4) is 10.4 Å². The topological polar surface area (TPSA) is 61.4 Å². The molecule has 27 heavy (non-hydrogen) atoms. The number of nitrogens with zero attached hydrogens (tertiary/aromatic N) is 1. The lowest BCUT2D eigenvalue weighted by Crippen LogP contribution is -2.62. The Labute approximate surface area is 163 Å². The minimum atomic E-state index is -0.103. The Balaban J connectivity index is 1.51. The van der Waals surface area contributed by atoms with E-state index in [4.69, 9.17) is 0 Å². The van der Waals surface area contributed by atoms with Crippen LogP contribution in [0.2, 0.25) is 0 Å². The Morgan fingerprint density at radius 1 is 1.11 bits per heavy atom. The third kappa shape index (κ3) is 3.64. The molecule has 3 aliphatic rings. The summed E-state index contributed by atoms with van der Waals surface area (Å²) < 4.78 is 0. The predicted octanol–water partition coefficient (Wildman–Crippen LogP) is 3.59. The van der Waals surface area contributed by atoms with Crippen LogP contribution in [0.25, 0.3) is 10.4 Å². The van der Waals surface area contributed by atoms with Crippen molar-refractivity contribution in [3.05, 3.63) is 41.3 Å². The second-order valence-corrected chi connectivity index (χ2v) is 8.59. The Hall–Kier alpha value is -2.18. The first-order valence-electron chi connectivity index (χ1n) is 9.54. The molecule has 2 atom stereocenters. The fraction of sp³-hybridized carbons (Fsp3) is 0.429. The minimum Gasteiger partial charge on any atom is -0.347 e. The predicted molar refractivity (Wildman–Crippen MR) is 109 cm³/mol. The van der Waals surface area contributed by atoms with Crippen LogP contribution in [0.4, 0.5) is 5.69 Å². The maximum absolute atomic E-state index is 12.9. The van der Waals surface area contributed by atoms with E-state index >= 15 is 0 Å². The summed E-state index contributed by atoms with van der Waals surface area (Å²) in [6, 6.07) is 12.2. The molecular formula is C21H25N3O2S. The molecular weight excluding hydrogens is 358 g/mol. The highest BCUT2D eigenvalue weighted by atomic mass is 32.1. The molecule has 1 aromatic carbocycles. The van der Waals surface area contributed by atoms with Gasteiger partial charge in [-0.25, -0.2) is 0 Å². The van der Waals surface area contributed by atoms with Gasteiger partial charge in [-0.2, -0.15) is 0 Å². The number of hydrogen-bond donors (Lipinski definition) is 2. The van der Waals surface area contributed by atoms with E-state index in [0.29, 0.717) is 16.8 Å². The molecule has 3 fully saturated rings. The molecule has 0 aliphatic carbocycles. The second-order valence-electron chi connectivity index (χ2n) is 7.50. The molecule has 4 heterocycles. The molecule has 3 aliphatic heterocycles. The van der Waals surface area contributed by atoms with Gasteiger partial charge >= 0.3 is 0 Å². The van der Waals surface area contributed by atoms with E-state index in [9.17, 15) is 9.59 Å². The lowest BCUT2D eigenvalue weighted by atomic mass is 9.79. The molecule has 0 saturated carbocycles. The fourth-order valence-electron chi connectivity index (χ4n) is 4.37. The second kappa shape index (κ2) is 7.44. The molecule has 0 radical (unpaired) electrons. The molecule has 2 N–H and O–H groups in total. The van der Waals surface area contributed by atoms with Gasteiger partial charge in [0.15, 0.2) is 0 Å². The van der Waals surface area contributed by atoms with Crippen molar-refractivity contribution in [1.29, 1.82) is 0 Å². The number of benzene rings is 1. The van der Waals surface area contributed by atoms with Crippen molar-refractivity contribution in [1.82, 2.24) is 10.2 Å². The van der Waals surface area contributed by atoms with Crippen molar-refractivity contribution in [2.75, 3.05) is 18.4 Å². The zero-order valence-electron chi connectivity index (χ0n) is 15.7. The van der Waals surface area contributed by atoms with Crippen LogP contribution in [0, 0.1) is 5.92 Å². The number of hydrogen-bond acceptors (Lipinski definition) is 4. The van der Waals surface area contributed by atoms with Crippen molar-refractivity contribution in [2.24, 2.45) is 5.92 Å². The first-order chi connectivity index (χ1) is 13.0. The summed E-state index contributed by atoms with van der Waals surface area (Å²) in [6.07, 6.45) is 2.35. The molecule has 0 spiro atoms. The zero-order valence-corrected chi connectivity index (χ0v) is 16.5. The first-order valence-corrected chi connectivity index (χ1v) is 10.4. The number of carbonyl (C=O) groups excluding carboxylic acids is 2. The van der Waals surface area contributed by atoms with Crippen LogP contribution in [-0.4, -0.2) is 41.9 Å². The summed E-state index contributed by atoms with van der Waals surface area (Å²) in [5, 5.41) is 6.15. The van der Waals surface area contributed by atoms with Crippen LogP contribution >= 0.6 is 11.3 Å². The highest BCUT2D eigenvalue weighted by Gasteiger charge is 2.40. The maximum atomic E-state index is 12.9. The molecule has 3 saturated heterocycles. The third-order valence-corrected chi connectivity index (χ3v) is 6.93. The van der Waals surface area contributed by atoms with Gasteiger partial charge in [0.05, 0.1) is 4.88 Å². The molecule has 5 rings (SSSR count). The summed E-state index contributed by atoms with van der Waals surface area (Å²) in [7, 11) is 0. The maximum Gasteiger partial charge on any atom is 0.261 e. The van der Waals surface area contributed by atoms with Crippen molar-refractivity contribution < 1.29 is 9.59 Å². The number of piperidine rings is 3. The van der Waals surface area contributed by atoms with Gasteiger partial charge in [0.2, 0.25) is 5.91 Å². The van der Waals surface area contributed by atoms with E-state index in [1.807, 2.05) is 36.4 Å². The van der Waals surface area contributed by atoms with Crippen LogP contribution in [0.3, 0.4) is 0 Å². The number of amides is 2. The van der Waals surface area contributed by atoms with E-state index in [0.717, 1.165) is 29.2 Å². The third-order valence-electron chi connectivity index (χ3n) is 5.81. The normalized spacial score (nSPS) is 26.6. The molecule has 5 nitrogen and oxygen atoms in total. The van der Waals surface area contributed by atoms with Gasteiger partial charge in [-0.3, -0.25) is 14.5 Å². The standard InChI is InChI=1S/C21H25N3O2S/c1-13-20(15-9-11-24(13)12-10-15)23-21(26)19-8-7-18(27-19)16-5-3-4-6-17(16)22-14(2)25/h3-8,13,15,20H,9-12H2,1-2H3,(H,22,25)(H,23,26)/t13-,20+/m1/s1. The minimum absolute atomic E-state index is 0.00820. The Kier molecular flexibility index (Phi) is 5.02. The Morgan fingerprint density at radius 3 is 2.56 bits per heavy atom. The number of para-hydroxylation sites is 1. The number of carbonyl (C=O) groups is 2. The lowest BCUT2D eigenvalue weighted by Gasteiger charge is -2.49. The van der Waals surface area contributed by atoms with Crippen LogP contribution in [0.1, 0.15) is 36.4 Å². The van der Waals surface area contributed by atoms with Crippen LogP contribution in [0.5, 0.6) is 0 Å². The van der Waals surface area contributed by atoms with Crippen LogP contribution < -0.4 is 10.6 Å². The summed E-state index contributed by atoms with van der Waals surface area (Å²) in [4.78, 5) is 28.5. The summed E-state index contributed by atoms with van der Waals surface area (Å²) >= 11 is 1.47. The molecule has 142 valence electrons. The van der Waals surface area contributed by atoms with Crippen LogP contribution in [0.15, 0.2) is 36.4 Å². The van der Waals surface area contributed by atoms with Crippen LogP contribution in [-0.2, 0) is 4.79 Å². The van der Waals surface area contributed by atoms with Gasteiger partial charge < -0.3 is 10.6 Å². The first kappa shape index (κ1) is 18.2. The monoisotopic (exact) mass is 383 g/mol. The van der Waals surface area contributed by atoms with Gasteiger partial charge in [0.25, 0.3) is 5.91 Å². The number of fused-ring (bicyclic) bond motifs is 3. The highest BCUT2D eigenvalue weighted by Crippen LogP contribution is 2.35. The average molecular weight is 384 g/mol. The van der Waals surface area contributed by atoms with Gasteiger partial charge in [0.1, 0.15) is 0 Å². The molecule has 0 unspecified atom stereocenters. The lowest BCUT2D eigenvalue weighted by molar-refractivity contribution is -0.114.